The molecule has 1 aromatic heterocycles. The van der Waals surface area contributed by atoms with Crippen LogP contribution in [0.4, 0.5) is 0 Å². The Labute approximate surface area is 128 Å². The summed E-state index contributed by atoms with van der Waals surface area (Å²) in [7, 11) is 0. The predicted molar refractivity (Wildman–Crippen MR) is 84.6 cm³/mol. The predicted octanol–water partition coefficient (Wildman–Crippen LogP) is 3.00. The van der Waals surface area contributed by atoms with Gasteiger partial charge in [0.05, 0.1) is 18.3 Å². The van der Waals surface area contributed by atoms with E-state index in [9.17, 15) is 0 Å². The van der Waals surface area contributed by atoms with Crippen LogP contribution in [0, 0.1) is 0 Å². The molecule has 0 spiro atoms. The molecule has 1 aliphatic heterocycles. The largest absolute Gasteiger partial charge is 0.377 e. The lowest BCUT2D eigenvalue weighted by Gasteiger charge is -2.24. The monoisotopic (exact) mass is 291 g/mol. The van der Waals surface area contributed by atoms with Gasteiger partial charge in [-0.1, -0.05) is 19.3 Å². The van der Waals surface area contributed by atoms with Crippen LogP contribution in [0.3, 0.4) is 0 Å². The van der Waals surface area contributed by atoms with Crippen LogP contribution in [0.25, 0.3) is 0 Å². The highest BCUT2D eigenvalue weighted by Gasteiger charge is 2.26. The number of rotatable bonds is 5. The van der Waals surface area contributed by atoms with Crippen molar-refractivity contribution in [2.24, 2.45) is 0 Å². The maximum Gasteiger partial charge on any atom is 0.112 e. The van der Waals surface area contributed by atoms with Crippen molar-refractivity contribution in [2.75, 3.05) is 13.2 Å². The molecule has 2 heterocycles. The van der Waals surface area contributed by atoms with Gasteiger partial charge in [-0.3, -0.25) is 0 Å². The molecule has 2 aliphatic rings. The van der Waals surface area contributed by atoms with Crippen molar-refractivity contribution in [1.82, 2.24) is 14.9 Å². The number of hydrogen-bond donors (Lipinski definition) is 1. The molecule has 4 heteroatoms. The molecule has 3 rings (SSSR count). The van der Waals surface area contributed by atoms with E-state index in [1.54, 1.807) is 0 Å². The molecule has 1 aliphatic carbocycles. The van der Waals surface area contributed by atoms with Crippen molar-refractivity contribution < 1.29 is 4.74 Å². The van der Waals surface area contributed by atoms with Gasteiger partial charge in [-0.2, -0.15) is 0 Å². The van der Waals surface area contributed by atoms with E-state index < -0.39 is 0 Å². The zero-order chi connectivity index (χ0) is 14.7. The van der Waals surface area contributed by atoms with E-state index in [1.165, 1.54) is 49.3 Å². The highest BCUT2D eigenvalue weighted by molar-refractivity contribution is 5.22. The van der Waals surface area contributed by atoms with Crippen LogP contribution in [-0.2, 0) is 24.2 Å². The Bertz CT molecular complexity index is 463. The van der Waals surface area contributed by atoms with Crippen LogP contribution < -0.4 is 5.32 Å². The van der Waals surface area contributed by atoms with E-state index in [4.69, 9.17) is 9.72 Å². The van der Waals surface area contributed by atoms with Gasteiger partial charge in [0.2, 0.25) is 0 Å². The molecule has 0 bridgehead atoms. The quantitative estimate of drug-likeness (QED) is 0.906. The summed E-state index contributed by atoms with van der Waals surface area (Å²) in [5.41, 5.74) is 2.74. The molecule has 21 heavy (non-hydrogen) atoms. The second kappa shape index (κ2) is 6.93. The zero-order valence-electron chi connectivity index (χ0n) is 13.5. The number of fused-ring (bicyclic) bond motifs is 1. The summed E-state index contributed by atoms with van der Waals surface area (Å²) < 4.78 is 8.29. The van der Waals surface area contributed by atoms with Gasteiger partial charge in [-0.15, -0.1) is 0 Å². The molecule has 118 valence electrons. The first-order valence-corrected chi connectivity index (χ1v) is 8.70. The van der Waals surface area contributed by atoms with Crippen molar-refractivity contribution in [3.05, 3.63) is 17.2 Å². The maximum absolute atomic E-state index is 5.78. The standard InChI is InChI=1S/C17H29N3O/c1-3-21-13(2)12-20-16-9-10-18-11-15(16)19-17(20)14-7-5-4-6-8-14/h13-14,18H,3-12H2,1-2H3. The fraction of sp³-hybridized carbons (Fsp3) is 0.824. The SMILES string of the molecule is CCOC(C)Cn1c(C2CCCCC2)nc2c1CCNC2. The summed E-state index contributed by atoms with van der Waals surface area (Å²) in [5.74, 6) is 2.01. The van der Waals surface area contributed by atoms with Gasteiger partial charge < -0.3 is 14.6 Å². The smallest absolute Gasteiger partial charge is 0.112 e. The Balaban J connectivity index is 1.87. The van der Waals surface area contributed by atoms with Gasteiger partial charge >= 0.3 is 0 Å². The highest BCUT2D eigenvalue weighted by Crippen LogP contribution is 2.34. The molecule has 0 radical (unpaired) electrons. The Morgan fingerprint density at radius 3 is 2.90 bits per heavy atom. The zero-order valence-corrected chi connectivity index (χ0v) is 13.5. The molecule has 1 N–H and O–H groups in total. The lowest BCUT2D eigenvalue weighted by Crippen LogP contribution is -2.27. The average Bonchev–Trinajstić information content (AvgIpc) is 2.87. The van der Waals surface area contributed by atoms with E-state index >= 15 is 0 Å². The number of ether oxygens (including phenoxy) is 1. The molecule has 4 nitrogen and oxygen atoms in total. The Morgan fingerprint density at radius 2 is 2.14 bits per heavy atom. The fourth-order valence-electron chi connectivity index (χ4n) is 3.86. The van der Waals surface area contributed by atoms with Gasteiger partial charge in [0, 0.05) is 37.7 Å². The number of hydrogen-bond acceptors (Lipinski definition) is 3. The number of aromatic nitrogens is 2. The molecule has 1 fully saturated rings. The molecule has 1 unspecified atom stereocenters. The molecule has 1 aromatic rings. The Hall–Kier alpha value is -0.870. The van der Waals surface area contributed by atoms with Gasteiger partial charge in [0.15, 0.2) is 0 Å². The second-order valence-corrected chi connectivity index (χ2v) is 6.50. The fourth-order valence-corrected chi connectivity index (χ4v) is 3.86. The first kappa shape index (κ1) is 15.0. The molecule has 1 saturated carbocycles. The van der Waals surface area contributed by atoms with Crippen molar-refractivity contribution in [2.45, 2.75) is 77.5 Å². The summed E-state index contributed by atoms with van der Waals surface area (Å²) >= 11 is 0. The highest BCUT2D eigenvalue weighted by atomic mass is 16.5. The molecular formula is C17H29N3O. The Morgan fingerprint density at radius 1 is 1.33 bits per heavy atom. The first-order valence-electron chi connectivity index (χ1n) is 8.70. The normalized spacial score (nSPS) is 21.2. The topological polar surface area (TPSA) is 39.1 Å². The van der Waals surface area contributed by atoms with Crippen LogP contribution in [0.2, 0.25) is 0 Å². The molecule has 1 atom stereocenters. The van der Waals surface area contributed by atoms with Crippen molar-refractivity contribution >= 4 is 0 Å². The van der Waals surface area contributed by atoms with Gasteiger partial charge in [-0.25, -0.2) is 4.98 Å². The van der Waals surface area contributed by atoms with Crippen LogP contribution in [0.5, 0.6) is 0 Å². The van der Waals surface area contributed by atoms with E-state index in [-0.39, 0.29) is 6.10 Å². The van der Waals surface area contributed by atoms with E-state index in [0.717, 1.165) is 32.7 Å². The second-order valence-electron chi connectivity index (χ2n) is 6.50. The van der Waals surface area contributed by atoms with Crippen LogP contribution in [-0.4, -0.2) is 28.8 Å². The van der Waals surface area contributed by atoms with Gasteiger partial charge in [0.25, 0.3) is 0 Å². The lowest BCUT2D eigenvalue weighted by molar-refractivity contribution is 0.0624. The molecule has 0 amide bonds. The van der Waals surface area contributed by atoms with E-state index in [2.05, 4.69) is 23.7 Å². The summed E-state index contributed by atoms with van der Waals surface area (Å²) in [6.07, 6.45) is 8.12. The van der Waals surface area contributed by atoms with Crippen molar-refractivity contribution in [1.29, 1.82) is 0 Å². The third-order valence-corrected chi connectivity index (χ3v) is 4.88. The van der Waals surface area contributed by atoms with Crippen molar-refractivity contribution in [3.63, 3.8) is 0 Å². The third kappa shape index (κ3) is 3.32. The maximum atomic E-state index is 5.78. The summed E-state index contributed by atoms with van der Waals surface area (Å²) in [6, 6.07) is 0. The lowest BCUT2D eigenvalue weighted by atomic mass is 9.88. The summed E-state index contributed by atoms with van der Waals surface area (Å²) in [4.78, 5) is 5.03. The minimum absolute atomic E-state index is 0.269. The minimum atomic E-state index is 0.269. The number of nitrogens with one attached hydrogen (secondary N) is 1. The molecule has 0 aromatic carbocycles. The van der Waals surface area contributed by atoms with E-state index in [1.807, 2.05) is 0 Å². The molecule has 0 saturated heterocycles. The number of nitrogens with zero attached hydrogens (tertiary/aromatic N) is 2. The Kier molecular flexibility index (Phi) is 4.96. The third-order valence-electron chi connectivity index (χ3n) is 4.88. The molecular weight excluding hydrogens is 262 g/mol. The van der Waals surface area contributed by atoms with Crippen LogP contribution in [0.15, 0.2) is 0 Å². The first-order chi connectivity index (χ1) is 10.3. The number of imidazole rings is 1. The van der Waals surface area contributed by atoms with Crippen LogP contribution in [0.1, 0.15) is 69.1 Å². The van der Waals surface area contributed by atoms with Crippen molar-refractivity contribution in [3.8, 4) is 0 Å². The van der Waals surface area contributed by atoms with Gasteiger partial charge in [0.1, 0.15) is 5.82 Å². The average molecular weight is 291 g/mol. The summed E-state index contributed by atoms with van der Waals surface area (Å²) in [6.45, 7) is 8.02. The minimum Gasteiger partial charge on any atom is -0.377 e. The van der Waals surface area contributed by atoms with Crippen LogP contribution >= 0.6 is 0 Å². The van der Waals surface area contributed by atoms with Gasteiger partial charge in [-0.05, 0) is 26.7 Å². The summed E-state index contributed by atoms with van der Waals surface area (Å²) in [5, 5.41) is 3.46. The van der Waals surface area contributed by atoms with E-state index in [0.29, 0.717) is 5.92 Å².